The number of thiophene rings is 1. The lowest BCUT2D eigenvalue weighted by Crippen LogP contribution is -2.28. The Bertz CT molecular complexity index is 1420. The average molecular weight is 612 g/mol. The molecule has 0 saturated heterocycles. The van der Waals surface area contributed by atoms with Crippen molar-refractivity contribution in [3.8, 4) is 11.1 Å². The molecular weight excluding hydrogens is 593 g/mol. The minimum atomic E-state index is -0.402. The molecule has 3 heterocycles. The van der Waals surface area contributed by atoms with Crippen molar-refractivity contribution >= 4 is 74.1 Å². The second kappa shape index (κ2) is 10.3. The minimum Gasteiger partial charge on any atom is -0.412 e. The van der Waals surface area contributed by atoms with Crippen LogP contribution in [0.2, 0.25) is 5.02 Å². The third kappa shape index (κ3) is 4.73. The van der Waals surface area contributed by atoms with E-state index in [4.69, 9.17) is 21.5 Å². The number of nitrogens with zero attached hydrogens (tertiary/aromatic N) is 4. The van der Waals surface area contributed by atoms with E-state index in [0.29, 0.717) is 32.1 Å². The number of amides is 1. The van der Waals surface area contributed by atoms with Crippen molar-refractivity contribution in [3.05, 3.63) is 65.7 Å². The van der Waals surface area contributed by atoms with Crippen LogP contribution in [0.15, 0.2) is 46.7 Å². The standard InChI is InChI=1S/C22H19ClIN5O4S/c1-28(6-7-30)21(32)17-9-13(11-34-17)26-22-25-10-12-8-14(18-15(23)4-3-5-16(18)24)20(31)29(33-2)19(12)27-22/h3-5,8-11,30H,6-7H2,1-2H3,(H,25,26,27). The molecule has 1 aromatic carbocycles. The maximum atomic E-state index is 13.2. The van der Waals surface area contributed by atoms with Gasteiger partial charge in [0.25, 0.3) is 11.5 Å². The van der Waals surface area contributed by atoms with Gasteiger partial charge in [0.2, 0.25) is 5.95 Å². The van der Waals surface area contributed by atoms with Crippen molar-refractivity contribution in [2.75, 3.05) is 32.6 Å². The molecular formula is C22H19ClIN5O4S. The number of fused-ring (bicyclic) bond motifs is 1. The molecule has 0 fully saturated rings. The lowest BCUT2D eigenvalue weighted by Gasteiger charge is -2.14. The van der Waals surface area contributed by atoms with E-state index in [1.807, 2.05) is 12.1 Å². The van der Waals surface area contributed by atoms with Crippen molar-refractivity contribution in [2.24, 2.45) is 0 Å². The molecule has 0 unspecified atom stereocenters. The predicted molar refractivity (Wildman–Crippen MR) is 141 cm³/mol. The summed E-state index contributed by atoms with van der Waals surface area (Å²) in [4.78, 5) is 41.7. The van der Waals surface area contributed by atoms with Gasteiger partial charge in [0.1, 0.15) is 7.11 Å². The molecule has 2 N–H and O–H groups in total. The van der Waals surface area contributed by atoms with Gasteiger partial charge in [0, 0.05) is 44.7 Å². The lowest BCUT2D eigenvalue weighted by atomic mass is 10.1. The van der Waals surface area contributed by atoms with Crippen molar-refractivity contribution in [2.45, 2.75) is 0 Å². The summed E-state index contributed by atoms with van der Waals surface area (Å²) in [7, 11) is 3.01. The van der Waals surface area contributed by atoms with Gasteiger partial charge in [-0.3, -0.25) is 9.59 Å². The van der Waals surface area contributed by atoms with Crippen LogP contribution in [0.4, 0.5) is 11.6 Å². The van der Waals surface area contributed by atoms with Crippen molar-refractivity contribution < 1.29 is 14.7 Å². The van der Waals surface area contributed by atoms with Crippen LogP contribution in [0, 0.1) is 3.57 Å². The molecule has 3 aromatic heterocycles. The van der Waals surface area contributed by atoms with Gasteiger partial charge in [-0.15, -0.1) is 16.1 Å². The van der Waals surface area contributed by atoms with Crippen LogP contribution in [0.1, 0.15) is 9.67 Å². The van der Waals surface area contributed by atoms with E-state index in [1.165, 1.54) is 23.3 Å². The zero-order chi connectivity index (χ0) is 24.4. The number of aliphatic hydroxyl groups is 1. The van der Waals surface area contributed by atoms with Gasteiger partial charge in [-0.2, -0.15) is 4.98 Å². The first-order valence-corrected chi connectivity index (χ1v) is 12.3. The molecule has 0 bridgehead atoms. The first-order valence-electron chi connectivity index (χ1n) is 9.97. The number of carbonyl (C=O) groups is 1. The number of hydrogen-bond donors (Lipinski definition) is 2. The van der Waals surface area contributed by atoms with Crippen LogP contribution in [0.25, 0.3) is 22.2 Å². The number of halogens is 2. The zero-order valence-corrected chi connectivity index (χ0v) is 21.8. The van der Waals surface area contributed by atoms with Crippen molar-refractivity contribution in [1.29, 1.82) is 0 Å². The fraction of sp³-hybridized carbons (Fsp3) is 0.182. The number of likely N-dealkylation sites (N-methyl/N-ethyl adjacent to an activating group) is 1. The maximum Gasteiger partial charge on any atom is 0.293 e. The van der Waals surface area contributed by atoms with Crippen LogP contribution in [0.5, 0.6) is 0 Å². The third-order valence-electron chi connectivity index (χ3n) is 4.97. The summed E-state index contributed by atoms with van der Waals surface area (Å²) in [5.41, 5.74) is 1.50. The van der Waals surface area contributed by atoms with Gasteiger partial charge in [0.05, 0.1) is 22.7 Å². The molecule has 9 nitrogen and oxygen atoms in total. The van der Waals surface area contributed by atoms with Crippen molar-refractivity contribution in [3.63, 3.8) is 0 Å². The van der Waals surface area contributed by atoms with Crippen LogP contribution in [-0.2, 0) is 0 Å². The molecule has 12 heteroatoms. The number of anilines is 2. The summed E-state index contributed by atoms with van der Waals surface area (Å²) < 4.78 is 1.93. The lowest BCUT2D eigenvalue weighted by molar-refractivity contribution is 0.0771. The first kappa shape index (κ1) is 24.4. The number of pyridine rings is 1. The predicted octanol–water partition coefficient (Wildman–Crippen LogP) is 3.64. The average Bonchev–Trinajstić information content (AvgIpc) is 3.27. The van der Waals surface area contributed by atoms with Crippen LogP contribution < -0.4 is 15.7 Å². The highest BCUT2D eigenvalue weighted by Crippen LogP contribution is 2.32. The zero-order valence-electron chi connectivity index (χ0n) is 18.1. The van der Waals surface area contributed by atoms with Crippen LogP contribution in [-0.4, -0.2) is 57.9 Å². The van der Waals surface area contributed by atoms with Gasteiger partial charge in [-0.05, 0) is 46.9 Å². The topological polar surface area (TPSA) is 110 Å². The number of aromatic nitrogens is 3. The number of hydrogen-bond acceptors (Lipinski definition) is 8. The molecule has 0 spiro atoms. The van der Waals surface area contributed by atoms with Gasteiger partial charge in [0.15, 0.2) is 5.65 Å². The Balaban J connectivity index is 1.70. The summed E-state index contributed by atoms with van der Waals surface area (Å²) in [6.07, 6.45) is 1.58. The molecule has 4 rings (SSSR count). The highest BCUT2D eigenvalue weighted by molar-refractivity contribution is 14.1. The van der Waals surface area contributed by atoms with E-state index in [1.54, 1.807) is 36.8 Å². The van der Waals surface area contributed by atoms with E-state index >= 15 is 0 Å². The molecule has 176 valence electrons. The quantitative estimate of drug-likeness (QED) is 0.307. The molecule has 0 aliphatic carbocycles. The fourth-order valence-electron chi connectivity index (χ4n) is 3.32. The summed E-state index contributed by atoms with van der Waals surface area (Å²) in [5, 5.41) is 14.9. The van der Waals surface area contributed by atoms with E-state index in [9.17, 15) is 9.59 Å². The summed E-state index contributed by atoms with van der Waals surface area (Å²) >= 11 is 9.78. The molecule has 1 amide bonds. The van der Waals surface area contributed by atoms with Gasteiger partial charge >= 0.3 is 0 Å². The monoisotopic (exact) mass is 611 g/mol. The molecule has 4 aromatic rings. The Hall–Kier alpha value is -2.74. The Kier molecular flexibility index (Phi) is 7.36. The highest BCUT2D eigenvalue weighted by Gasteiger charge is 2.18. The number of nitrogens with one attached hydrogen (secondary N) is 1. The maximum absolute atomic E-state index is 13.2. The van der Waals surface area contributed by atoms with E-state index in [0.717, 1.165) is 8.30 Å². The number of benzene rings is 1. The van der Waals surface area contributed by atoms with Crippen molar-refractivity contribution in [1.82, 2.24) is 19.6 Å². The normalized spacial score (nSPS) is 11.0. The molecule has 0 radical (unpaired) electrons. The summed E-state index contributed by atoms with van der Waals surface area (Å²) in [6, 6.07) is 8.79. The highest BCUT2D eigenvalue weighted by atomic mass is 127. The Morgan fingerprint density at radius 3 is 2.88 bits per heavy atom. The Morgan fingerprint density at radius 2 is 2.18 bits per heavy atom. The van der Waals surface area contributed by atoms with Crippen LogP contribution >= 0.6 is 45.5 Å². The molecule has 34 heavy (non-hydrogen) atoms. The van der Waals surface area contributed by atoms with E-state index < -0.39 is 5.56 Å². The molecule has 0 aliphatic rings. The number of carbonyl (C=O) groups excluding carboxylic acids is 1. The Labute approximate surface area is 217 Å². The largest absolute Gasteiger partial charge is 0.412 e. The van der Waals surface area contributed by atoms with Crippen LogP contribution in [0.3, 0.4) is 0 Å². The second-order valence-electron chi connectivity index (χ2n) is 7.18. The van der Waals surface area contributed by atoms with Gasteiger partial charge < -0.3 is 20.2 Å². The van der Waals surface area contributed by atoms with Gasteiger partial charge in [-0.25, -0.2) is 4.98 Å². The number of aliphatic hydroxyl groups excluding tert-OH is 1. The van der Waals surface area contributed by atoms with Gasteiger partial charge in [-0.1, -0.05) is 17.7 Å². The molecule has 0 aliphatic heterocycles. The number of rotatable bonds is 7. The summed E-state index contributed by atoms with van der Waals surface area (Å²) in [6.45, 7) is 0.138. The second-order valence-corrected chi connectivity index (χ2v) is 9.66. The Morgan fingerprint density at radius 1 is 1.38 bits per heavy atom. The fourth-order valence-corrected chi connectivity index (χ4v) is 5.37. The van der Waals surface area contributed by atoms with E-state index in [-0.39, 0.29) is 30.7 Å². The minimum absolute atomic E-state index is 0.109. The molecule has 0 atom stereocenters. The summed E-state index contributed by atoms with van der Waals surface area (Å²) in [5.74, 6) is 0.0415. The smallest absolute Gasteiger partial charge is 0.293 e. The molecule has 0 saturated carbocycles. The first-order chi connectivity index (χ1) is 16.3. The third-order valence-corrected chi connectivity index (χ3v) is 7.10. The SMILES string of the molecule is COn1c(=O)c(-c2c(Cl)cccc2I)cc2cnc(Nc3csc(C(=O)N(C)CCO)c3)nc21. The van der Waals surface area contributed by atoms with E-state index in [2.05, 4.69) is 37.9 Å².